The second-order valence-electron chi connectivity index (χ2n) is 4.17. The summed E-state index contributed by atoms with van der Waals surface area (Å²) in [5, 5.41) is 15.1. The van der Waals surface area contributed by atoms with Crippen molar-refractivity contribution in [3.05, 3.63) is 42.2 Å². The Morgan fingerprint density at radius 3 is 2.60 bits per heavy atom. The highest BCUT2D eigenvalue weighted by atomic mass is 15.1. The van der Waals surface area contributed by atoms with Crippen molar-refractivity contribution in [1.82, 2.24) is 9.97 Å². The minimum atomic E-state index is 0.627. The zero-order valence-corrected chi connectivity index (χ0v) is 11.0. The molecule has 102 valence electrons. The van der Waals surface area contributed by atoms with Crippen molar-refractivity contribution in [1.29, 1.82) is 5.26 Å². The average molecular weight is 268 g/mol. The molecule has 0 unspecified atom stereocenters. The first-order valence-electron chi connectivity index (χ1n) is 6.35. The van der Waals surface area contributed by atoms with Crippen LogP contribution in [0.4, 0.5) is 17.3 Å². The zero-order chi connectivity index (χ0) is 14.2. The number of hydrogen-bond acceptors (Lipinski definition) is 6. The van der Waals surface area contributed by atoms with E-state index in [0.29, 0.717) is 17.9 Å². The minimum Gasteiger partial charge on any atom is -0.370 e. The number of nitrogens with zero attached hydrogens (tertiary/aromatic N) is 3. The van der Waals surface area contributed by atoms with Crippen LogP contribution in [-0.2, 0) is 0 Å². The van der Waals surface area contributed by atoms with Crippen LogP contribution in [0.25, 0.3) is 0 Å². The van der Waals surface area contributed by atoms with E-state index in [1.165, 1.54) is 6.33 Å². The van der Waals surface area contributed by atoms with E-state index < -0.39 is 0 Å². The van der Waals surface area contributed by atoms with E-state index >= 15 is 0 Å². The van der Waals surface area contributed by atoms with Crippen LogP contribution >= 0.6 is 0 Å². The Kier molecular flexibility index (Phi) is 4.87. The van der Waals surface area contributed by atoms with Gasteiger partial charge in [0.15, 0.2) is 0 Å². The number of aromatic nitrogens is 2. The number of anilines is 3. The molecule has 20 heavy (non-hydrogen) atoms. The number of nitriles is 1. The summed E-state index contributed by atoms with van der Waals surface area (Å²) in [5.41, 5.74) is 6.94. The molecular weight excluding hydrogens is 252 g/mol. The van der Waals surface area contributed by atoms with E-state index in [1.54, 1.807) is 12.1 Å². The van der Waals surface area contributed by atoms with E-state index in [4.69, 9.17) is 11.0 Å². The summed E-state index contributed by atoms with van der Waals surface area (Å²) >= 11 is 0. The first kappa shape index (κ1) is 13.8. The lowest BCUT2D eigenvalue weighted by atomic mass is 10.2. The fourth-order valence-electron chi connectivity index (χ4n) is 1.62. The monoisotopic (exact) mass is 268 g/mol. The molecule has 6 heteroatoms. The van der Waals surface area contributed by atoms with Gasteiger partial charge in [0, 0.05) is 18.3 Å². The van der Waals surface area contributed by atoms with Gasteiger partial charge in [0.25, 0.3) is 0 Å². The van der Waals surface area contributed by atoms with Crippen molar-refractivity contribution >= 4 is 17.3 Å². The summed E-state index contributed by atoms with van der Waals surface area (Å²) in [5.74, 6) is 1.45. The number of rotatable bonds is 6. The van der Waals surface area contributed by atoms with Crippen LogP contribution in [0.5, 0.6) is 0 Å². The van der Waals surface area contributed by atoms with Crippen LogP contribution < -0.4 is 16.4 Å². The molecular formula is C14H16N6. The normalized spacial score (nSPS) is 9.80. The van der Waals surface area contributed by atoms with Crippen LogP contribution in [0.2, 0.25) is 0 Å². The lowest BCUT2D eigenvalue weighted by Gasteiger charge is -2.08. The maximum atomic E-state index is 8.75. The van der Waals surface area contributed by atoms with Crippen molar-refractivity contribution in [2.75, 3.05) is 23.7 Å². The molecule has 1 aromatic heterocycles. The van der Waals surface area contributed by atoms with Crippen molar-refractivity contribution in [3.63, 3.8) is 0 Å². The zero-order valence-electron chi connectivity index (χ0n) is 11.0. The van der Waals surface area contributed by atoms with E-state index in [2.05, 4.69) is 26.7 Å². The van der Waals surface area contributed by atoms with Crippen molar-refractivity contribution < 1.29 is 0 Å². The predicted molar refractivity (Wildman–Crippen MR) is 78.6 cm³/mol. The molecule has 1 aromatic carbocycles. The van der Waals surface area contributed by atoms with E-state index in [9.17, 15) is 0 Å². The quantitative estimate of drug-likeness (QED) is 0.691. The first-order chi connectivity index (χ1) is 9.81. The molecule has 0 aliphatic carbocycles. The van der Waals surface area contributed by atoms with Crippen molar-refractivity contribution in [3.8, 4) is 6.07 Å². The Bertz CT molecular complexity index is 587. The molecule has 0 atom stereocenters. The summed E-state index contributed by atoms with van der Waals surface area (Å²) in [4.78, 5) is 8.29. The number of nitrogens with one attached hydrogen (secondary N) is 2. The molecule has 2 rings (SSSR count). The molecule has 0 bridgehead atoms. The van der Waals surface area contributed by atoms with Crippen LogP contribution in [0.1, 0.15) is 12.0 Å². The van der Waals surface area contributed by atoms with Crippen LogP contribution in [0.15, 0.2) is 36.7 Å². The average Bonchev–Trinajstić information content (AvgIpc) is 2.49. The van der Waals surface area contributed by atoms with Gasteiger partial charge in [-0.25, -0.2) is 9.97 Å². The summed E-state index contributed by atoms with van der Waals surface area (Å²) in [6, 6.07) is 11.1. The highest BCUT2D eigenvalue weighted by Gasteiger charge is 1.99. The third-order valence-electron chi connectivity index (χ3n) is 2.64. The lowest BCUT2D eigenvalue weighted by Crippen LogP contribution is -2.09. The smallest absolute Gasteiger partial charge is 0.135 e. The first-order valence-corrected chi connectivity index (χ1v) is 6.35. The predicted octanol–water partition coefficient (Wildman–Crippen LogP) is 1.85. The van der Waals surface area contributed by atoms with Crippen molar-refractivity contribution in [2.24, 2.45) is 5.73 Å². The minimum absolute atomic E-state index is 0.627. The van der Waals surface area contributed by atoms with Crippen LogP contribution in [0, 0.1) is 11.3 Å². The molecule has 0 saturated carbocycles. The molecule has 6 nitrogen and oxygen atoms in total. The van der Waals surface area contributed by atoms with Gasteiger partial charge in [-0.1, -0.05) is 0 Å². The fourth-order valence-corrected chi connectivity index (χ4v) is 1.62. The second-order valence-corrected chi connectivity index (χ2v) is 4.17. The second kappa shape index (κ2) is 7.07. The Hall–Kier alpha value is -2.65. The fraction of sp³-hybridized carbons (Fsp3) is 0.214. The van der Waals surface area contributed by atoms with Gasteiger partial charge in [0.2, 0.25) is 0 Å². The molecule has 0 radical (unpaired) electrons. The van der Waals surface area contributed by atoms with Gasteiger partial charge in [0.1, 0.15) is 18.0 Å². The van der Waals surface area contributed by atoms with Gasteiger partial charge in [0.05, 0.1) is 11.6 Å². The summed E-state index contributed by atoms with van der Waals surface area (Å²) in [6.45, 7) is 1.43. The Morgan fingerprint density at radius 1 is 1.15 bits per heavy atom. The molecule has 0 fully saturated rings. The lowest BCUT2D eigenvalue weighted by molar-refractivity contribution is 0.869. The Labute approximate surface area is 117 Å². The Morgan fingerprint density at radius 2 is 1.90 bits per heavy atom. The highest BCUT2D eigenvalue weighted by Crippen LogP contribution is 2.16. The summed E-state index contributed by atoms with van der Waals surface area (Å²) in [7, 11) is 0. The largest absolute Gasteiger partial charge is 0.370 e. The molecule has 4 N–H and O–H groups in total. The van der Waals surface area contributed by atoms with Gasteiger partial charge in [-0.3, -0.25) is 0 Å². The van der Waals surface area contributed by atoms with E-state index in [1.807, 2.05) is 18.2 Å². The van der Waals surface area contributed by atoms with Gasteiger partial charge < -0.3 is 16.4 Å². The molecule has 0 spiro atoms. The number of nitrogens with two attached hydrogens (primary N) is 1. The molecule has 0 aliphatic heterocycles. The van der Waals surface area contributed by atoms with E-state index in [-0.39, 0.29) is 0 Å². The van der Waals surface area contributed by atoms with Crippen molar-refractivity contribution in [2.45, 2.75) is 6.42 Å². The number of benzene rings is 1. The van der Waals surface area contributed by atoms with Gasteiger partial charge in [-0.2, -0.15) is 5.26 Å². The summed E-state index contributed by atoms with van der Waals surface area (Å²) < 4.78 is 0. The summed E-state index contributed by atoms with van der Waals surface area (Å²) in [6.07, 6.45) is 2.39. The topological polar surface area (TPSA) is 99.7 Å². The standard InChI is InChI=1S/C14H16N6/c15-6-1-7-17-13-8-14(19-10-18-13)20-12-4-2-11(9-16)3-5-12/h2-5,8,10H,1,6-7,15H2,(H2,17,18,19,20). The van der Waals surface area contributed by atoms with Crippen LogP contribution in [0.3, 0.4) is 0 Å². The maximum absolute atomic E-state index is 8.75. The molecule has 0 aliphatic rings. The number of hydrogen-bond donors (Lipinski definition) is 3. The molecule has 0 saturated heterocycles. The van der Waals surface area contributed by atoms with Gasteiger partial charge in [-0.15, -0.1) is 0 Å². The van der Waals surface area contributed by atoms with E-state index in [0.717, 1.165) is 24.5 Å². The maximum Gasteiger partial charge on any atom is 0.135 e. The highest BCUT2D eigenvalue weighted by molar-refractivity contribution is 5.59. The van der Waals surface area contributed by atoms with Gasteiger partial charge in [-0.05, 0) is 37.2 Å². The van der Waals surface area contributed by atoms with Crippen LogP contribution in [-0.4, -0.2) is 23.1 Å². The molecule has 2 aromatic rings. The Balaban J connectivity index is 2.01. The molecule has 0 amide bonds. The third kappa shape index (κ3) is 3.93. The SMILES string of the molecule is N#Cc1ccc(Nc2cc(NCCCN)ncn2)cc1. The molecule has 1 heterocycles. The third-order valence-corrected chi connectivity index (χ3v) is 2.64. The van der Waals surface area contributed by atoms with Gasteiger partial charge >= 0.3 is 0 Å².